The smallest absolute Gasteiger partial charge is 0.238 e. The van der Waals surface area contributed by atoms with Crippen LogP contribution in [0.1, 0.15) is 15.9 Å². The fraction of sp³-hybridized carbons (Fsp3) is 0. The van der Waals surface area contributed by atoms with Crippen molar-refractivity contribution in [1.82, 2.24) is 0 Å². The van der Waals surface area contributed by atoms with Crippen LogP contribution in [0.4, 0.5) is 0 Å². The third kappa shape index (κ3) is 3.96. The summed E-state index contributed by atoms with van der Waals surface area (Å²) in [6.45, 7) is 0. The van der Waals surface area contributed by atoms with E-state index >= 15 is 0 Å². The van der Waals surface area contributed by atoms with Gasteiger partial charge in [-0.15, -0.1) is 0 Å². The van der Waals surface area contributed by atoms with Crippen LogP contribution in [0.2, 0.25) is 10.0 Å². The molecule has 0 radical (unpaired) electrons. The lowest BCUT2D eigenvalue weighted by Gasteiger charge is -2.01. The monoisotopic (exact) mass is 355 g/mol. The van der Waals surface area contributed by atoms with Gasteiger partial charge in [-0.05, 0) is 48.6 Å². The van der Waals surface area contributed by atoms with E-state index in [1.807, 2.05) is 0 Å². The van der Waals surface area contributed by atoms with Crippen molar-refractivity contribution in [2.24, 2.45) is 5.14 Å². The molecule has 114 valence electrons. The summed E-state index contributed by atoms with van der Waals surface area (Å²) in [5.41, 5.74) is 0.868. The number of hydrogen-bond acceptors (Lipinski definition) is 3. The molecule has 0 saturated heterocycles. The molecule has 0 spiro atoms. The van der Waals surface area contributed by atoms with Gasteiger partial charge in [0.25, 0.3) is 0 Å². The summed E-state index contributed by atoms with van der Waals surface area (Å²) in [6, 6.07) is 10.4. The van der Waals surface area contributed by atoms with Gasteiger partial charge < -0.3 is 0 Å². The maximum absolute atomic E-state index is 12.0. The second-order valence-electron chi connectivity index (χ2n) is 4.40. The Morgan fingerprint density at radius 1 is 1.00 bits per heavy atom. The van der Waals surface area contributed by atoms with E-state index in [1.165, 1.54) is 36.4 Å². The zero-order chi connectivity index (χ0) is 16.3. The Kier molecular flexibility index (Phi) is 5.03. The van der Waals surface area contributed by atoms with Crippen molar-refractivity contribution in [2.45, 2.75) is 4.90 Å². The normalized spacial score (nSPS) is 11.8. The molecule has 2 aromatic rings. The molecule has 0 heterocycles. The Labute approximate surface area is 138 Å². The van der Waals surface area contributed by atoms with E-state index in [0.717, 1.165) is 0 Å². The summed E-state index contributed by atoms with van der Waals surface area (Å²) >= 11 is 12.0. The number of rotatable bonds is 4. The van der Waals surface area contributed by atoms with Crippen LogP contribution in [-0.4, -0.2) is 14.2 Å². The first kappa shape index (κ1) is 16.7. The number of halogens is 2. The SMILES string of the molecule is NS(=O)(=O)c1ccc(C(=O)/C=C/c2c(Cl)cccc2Cl)cc1. The first-order valence-electron chi connectivity index (χ1n) is 6.08. The highest BCUT2D eigenvalue weighted by Crippen LogP contribution is 2.25. The number of nitrogens with two attached hydrogens (primary N) is 1. The number of primary sulfonamides is 1. The fourth-order valence-electron chi connectivity index (χ4n) is 1.73. The van der Waals surface area contributed by atoms with Gasteiger partial charge in [-0.25, -0.2) is 13.6 Å². The summed E-state index contributed by atoms with van der Waals surface area (Å²) in [5, 5.41) is 5.86. The summed E-state index contributed by atoms with van der Waals surface area (Å²) < 4.78 is 22.3. The minimum absolute atomic E-state index is 0.0535. The Hall–Kier alpha value is -1.66. The Morgan fingerprint density at radius 2 is 1.55 bits per heavy atom. The van der Waals surface area contributed by atoms with Crippen LogP contribution in [0.3, 0.4) is 0 Å². The van der Waals surface area contributed by atoms with Gasteiger partial charge in [0.05, 0.1) is 4.90 Å². The molecule has 0 saturated carbocycles. The molecular formula is C15H11Cl2NO3S. The molecule has 0 aliphatic rings. The first-order chi connectivity index (χ1) is 10.3. The summed E-state index contributed by atoms with van der Waals surface area (Å²) in [5.74, 6) is -0.308. The van der Waals surface area contributed by atoms with Gasteiger partial charge in [-0.1, -0.05) is 29.3 Å². The van der Waals surface area contributed by atoms with Crippen molar-refractivity contribution in [1.29, 1.82) is 0 Å². The van der Waals surface area contributed by atoms with Gasteiger partial charge in [0.2, 0.25) is 10.0 Å². The predicted molar refractivity (Wildman–Crippen MR) is 87.6 cm³/mol. The fourth-order valence-corrected chi connectivity index (χ4v) is 2.77. The highest BCUT2D eigenvalue weighted by molar-refractivity contribution is 7.89. The van der Waals surface area contributed by atoms with E-state index in [9.17, 15) is 13.2 Å². The Morgan fingerprint density at radius 3 is 2.05 bits per heavy atom. The van der Waals surface area contributed by atoms with Gasteiger partial charge >= 0.3 is 0 Å². The lowest BCUT2D eigenvalue weighted by atomic mass is 10.1. The van der Waals surface area contributed by atoms with Crippen LogP contribution in [0, 0.1) is 0 Å². The first-order valence-corrected chi connectivity index (χ1v) is 8.38. The van der Waals surface area contributed by atoms with Crippen LogP contribution in [0.5, 0.6) is 0 Å². The number of carbonyl (C=O) groups is 1. The molecule has 0 unspecified atom stereocenters. The molecule has 2 N–H and O–H groups in total. The zero-order valence-corrected chi connectivity index (χ0v) is 13.5. The molecule has 2 aromatic carbocycles. The Balaban J connectivity index is 2.24. The van der Waals surface area contributed by atoms with Crippen molar-refractivity contribution in [3.05, 3.63) is 69.7 Å². The maximum atomic E-state index is 12.0. The lowest BCUT2D eigenvalue weighted by molar-refractivity contribution is 0.104. The number of hydrogen-bond donors (Lipinski definition) is 1. The molecule has 0 aliphatic heterocycles. The van der Waals surface area contributed by atoms with E-state index in [4.69, 9.17) is 28.3 Å². The number of ketones is 1. The highest BCUT2D eigenvalue weighted by Gasteiger charge is 2.09. The predicted octanol–water partition coefficient (Wildman–Crippen LogP) is 3.54. The van der Waals surface area contributed by atoms with Gasteiger partial charge in [-0.2, -0.15) is 0 Å². The second-order valence-corrected chi connectivity index (χ2v) is 6.78. The van der Waals surface area contributed by atoms with Crippen molar-refractivity contribution in [3.8, 4) is 0 Å². The topological polar surface area (TPSA) is 77.2 Å². The quantitative estimate of drug-likeness (QED) is 0.672. The van der Waals surface area contributed by atoms with Crippen LogP contribution >= 0.6 is 23.2 Å². The van der Waals surface area contributed by atoms with Gasteiger partial charge in [-0.3, -0.25) is 4.79 Å². The third-order valence-electron chi connectivity index (χ3n) is 2.87. The highest BCUT2D eigenvalue weighted by atomic mass is 35.5. The summed E-state index contributed by atoms with van der Waals surface area (Å²) in [4.78, 5) is 12.0. The van der Waals surface area contributed by atoms with Gasteiger partial charge in [0.1, 0.15) is 0 Å². The lowest BCUT2D eigenvalue weighted by Crippen LogP contribution is -2.12. The molecule has 0 aliphatic carbocycles. The van der Waals surface area contributed by atoms with Crippen molar-refractivity contribution >= 4 is 45.1 Å². The molecule has 22 heavy (non-hydrogen) atoms. The van der Waals surface area contributed by atoms with Crippen molar-refractivity contribution in [2.75, 3.05) is 0 Å². The van der Waals surface area contributed by atoms with E-state index in [2.05, 4.69) is 0 Å². The summed E-state index contributed by atoms with van der Waals surface area (Å²) in [7, 11) is -3.78. The molecule has 7 heteroatoms. The largest absolute Gasteiger partial charge is 0.289 e. The number of benzene rings is 2. The van der Waals surface area contributed by atoms with E-state index in [1.54, 1.807) is 18.2 Å². The molecule has 0 aromatic heterocycles. The van der Waals surface area contributed by atoms with E-state index < -0.39 is 10.0 Å². The molecule has 0 fully saturated rings. The number of carbonyl (C=O) groups excluding carboxylic acids is 1. The van der Waals surface area contributed by atoms with E-state index in [0.29, 0.717) is 21.2 Å². The molecule has 2 rings (SSSR count). The molecule has 0 bridgehead atoms. The van der Waals surface area contributed by atoms with Crippen molar-refractivity contribution in [3.63, 3.8) is 0 Å². The standard InChI is InChI=1S/C15H11Cl2NO3S/c16-13-2-1-3-14(17)12(13)8-9-15(19)10-4-6-11(7-5-10)22(18,20)21/h1-9H,(H2,18,20,21)/b9-8+. The van der Waals surface area contributed by atoms with Crippen LogP contribution in [0.15, 0.2) is 53.4 Å². The van der Waals surface area contributed by atoms with Crippen LogP contribution < -0.4 is 5.14 Å². The minimum atomic E-state index is -3.78. The molecular weight excluding hydrogens is 345 g/mol. The minimum Gasteiger partial charge on any atom is -0.289 e. The third-order valence-corrected chi connectivity index (χ3v) is 4.46. The van der Waals surface area contributed by atoms with Gasteiger partial charge in [0.15, 0.2) is 5.78 Å². The molecule has 0 atom stereocenters. The van der Waals surface area contributed by atoms with Crippen LogP contribution in [-0.2, 0) is 10.0 Å². The maximum Gasteiger partial charge on any atom is 0.238 e. The van der Waals surface area contributed by atoms with Crippen LogP contribution in [0.25, 0.3) is 6.08 Å². The number of sulfonamides is 1. The van der Waals surface area contributed by atoms with Crippen molar-refractivity contribution < 1.29 is 13.2 Å². The van der Waals surface area contributed by atoms with E-state index in [-0.39, 0.29) is 10.7 Å². The molecule has 0 amide bonds. The molecule has 4 nitrogen and oxygen atoms in total. The second kappa shape index (κ2) is 6.62. The average molecular weight is 356 g/mol. The zero-order valence-electron chi connectivity index (χ0n) is 11.2. The number of allylic oxidation sites excluding steroid dienone is 1. The van der Waals surface area contributed by atoms with Gasteiger partial charge in [0, 0.05) is 21.2 Å². The average Bonchev–Trinajstić information content (AvgIpc) is 2.46. The Bertz CT molecular complexity index is 823. The summed E-state index contributed by atoms with van der Waals surface area (Å²) in [6.07, 6.45) is 2.83.